The van der Waals surface area contributed by atoms with Gasteiger partial charge in [-0.15, -0.1) is 18.3 Å². The minimum Gasteiger partial charge on any atom is -0.447 e. The van der Waals surface area contributed by atoms with E-state index in [9.17, 15) is 4.79 Å². The van der Waals surface area contributed by atoms with Gasteiger partial charge in [0, 0.05) is 13.0 Å². The smallest absolute Gasteiger partial charge is 0.416 e. The molecule has 1 aromatic carbocycles. The van der Waals surface area contributed by atoms with Crippen molar-refractivity contribution >= 4 is 11.9 Å². The van der Waals surface area contributed by atoms with Crippen molar-refractivity contribution in [3.63, 3.8) is 0 Å². The Balaban J connectivity index is 1.88. The summed E-state index contributed by atoms with van der Waals surface area (Å²) in [6.45, 7) is 8.64. The van der Waals surface area contributed by atoms with Crippen LogP contribution in [0.15, 0.2) is 55.6 Å². The third-order valence-corrected chi connectivity index (χ3v) is 4.47. The van der Waals surface area contributed by atoms with Crippen LogP contribution in [0.4, 0.5) is 10.6 Å². The van der Waals surface area contributed by atoms with Crippen molar-refractivity contribution < 1.29 is 9.53 Å². The van der Waals surface area contributed by atoms with Crippen molar-refractivity contribution in [2.45, 2.75) is 38.3 Å². The highest BCUT2D eigenvalue weighted by Crippen LogP contribution is 2.34. The van der Waals surface area contributed by atoms with E-state index in [1.165, 1.54) is 0 Å². The molecule has 3 rings (SSSR count). The van der Waals surface area contributed by atoms with Crippen LogP contribution in [0.2, 0.25) is 0 Å². The molecule has 0 unspecified atom stereocenters. The van der Waals surface area contributed by atoms with Crippen molar-refractivity contribution in [2.75, 3.05) is 11.5 Å². The molecule has 0 bridgehead atoms. The Hall–Kier alpha value is -2.89. The Bertz CT molecular complexity index is 769. The van der Waals surface area contributed by atoms with Gasteiger partial charge in [0.2, 0.25) is 0 Å². The number of benzene rings is 1. The lowest BCUT2D eigenvalue weighted by molar-refractivity contribution is 0.179. The molecule has 0 radical (unpaired) electrons. The summed E-state index contributed by atoms with van der Waals surface area (Å²) in [6.07, 6.45) is 6.93. The largest absolute Gasteiger partial charge is 0.447 e. The molecule has 0 saturated carbocycles. The summed E-state index contributed by atoms with van der Waals surface area (Å²) >= 11 is 0. The van der Waals surface area contributed by atoms with E-state index in [1.54, 1.807) is 11.0 Å². The molecule has 0 N–H and O–H groups in total. The molecular formula is C20H24N4O2. The molecule has 1 aliphatic rings. The summed E-state index contributed by atoms with van der Waals surface area (Å²) in [4.78, 5) is 14.0. The minimum atomic E-state index is -0.386. The number of cyclic esters (lactones) is 1. The maximum Gasteiger partial charge on any atom is 0.416 e. The number of unbranched alkanes of at least 4 members (excludes halogenated alkanes) is 2. The van der Waals surface area contributed by atoms with Gasteiger partial charge >= 0.3 is 6.09 Å². The van der Waals surface area contributed by atoms with Crippen molar-refractivity contribution in [1.82, 2.24) is 15.0 Å². The predicted octanol–water partition coefficient (Wildman–Crippen LogP) is 4.06. The van der Waals surface area contributed by atoms with Crippen LogP contribution >= 0.6 is 0 Å². The summed E-state index contributed by atoms with van der Waals surface area (Å²) in [5, 5.41) is 8.60. The average Bonchev–Trinajstić information content (AvgIpc) is 3.23. The molecule has 1 aromatic heterocycles. The van der Waals surface area contributed by atoms with Gasteiger partial charge < -0.3 is 4.74 Å². The van der Waals surface area contributed by atoms with Crippen molar-refractivity contribution in [3.05, 3.63) is 66.9 Å². The Morgan fingerprint density at radius 1 is 1.19 bits per heavy atom. The topological polar surface area (TPSA) is 60.2 Å². The quantitative estimate of drug-likeness (QED) is 0.504. The number of carbonyl (C=O) groups is 1. The number of hydrogen-bond donors (Lipinski definition) is 0. The second-order valence-electron chi connectivity index (χ2n) is 6.23. The molecule has 0 spiro atoms. The monoisotopic (exact) mass is 352 g/mol. The molecule has 26 heavy (non-hydrogen) atoms. The summed E-state index contributed by atoms with van der Waals surface area (Å²) in [6, 6.07) is 9.65. The van der Waals surface area contributed by atoms with Crippen LogP contribution in [0, 0.1) is 0 Å². The van der Waals surface area contributed by atoms with Gasteiger partial charge in [0.15, 0.2) is 5.82 Å². The zero-order valence-corrected chi connectivity index (χ0v) is 14.9. The molecule has 0 aliphatic carbocycles. The molecule has 2 aromatic rings. The van der Waals surface area contributed by atoms with Crippen LogP contribution < -0.4 is 4.90 Å². The number of carbonyl (C=O) groups excluding carboxylic acids is 1. The second kappa shape index (κ2) is 8.47. The van der Waals surface area contributed by atoms with Gasteiger partial charge in [0.1, 0.15) is 12.6 Å². The number of aryl methyl sites for hydroxylation is 1. The second-order valence-corrected chi connectivity index (χ2v) is 6.23. The third-order valence-electron chi connectivity index (χ3n) is 4.47. The normalized spacial score (nSPS) is 16.5. The number of allylic oxidation sites excluding steroid dienone is 2. The standard InChI is InChI=1S/C20H24N4O2/c1-3-5-6-10-14-23-17(11-4-2)19(21-22-23)24-18(15-26-20(24)25)16-12-8-7-9-13-16/h3-4,7-9,12-13,18H,1-2,5-6,10-11,14-15H2/t18-/m0/s1. The fraction of sp³-hybridized carbons (Fsp3) is 0.350. The van der Waals surface area contributed by atoms with E-state index in [0.29, 0.717) is 18.8 Å². The van der Waals surface area contributed by atoms with Crippen LogP contribution in [0.25, 0.3) is 0 Å². The summed E-state index contributed by atoms with van der Waals surface area (Å²) in [7, 11) is 0. The molecule has 1 fully saturated rings. The molecule has 1 aliphatic heterocycles. The van der Waals surface area contributed by atoms with E-state index < -0.39 is 0 Å². The van der Waals surface area contributed by atoms with Gasteiger partial charge in [-0.05, 0) is 24.8 Å². The van der Waals surface area contributed by atoms with E-state index in [0.717, 1.165) is 37.1 Å². The summed E-state index contributed by atoms with van der Waals surface area (Å²) in [5.74, 6) is 0.560. The molecular weight excluding hydrogens is 328 g/mol. The number of amides is 1. The highest BCUT2D eigenvalue weighted by atomic mass is 16.6. The van der Waals surface area contributed by atoms with Gasteiger partial charge in [-0.25, -0.2) is 14.4 Å². The van der Waals surface area contributed by atoms with Crippen LogP contribution in [-0.2, 0) is 17.7 Å². The maximum atomic E-state index is 12.4. The van der Waals surface area contributed by atoms with Crippen molar-refractivity contribution in [3.8, 4) is 0 Å². The van der Waals surface area contributed by atoms with E-state index in [-0.39, 0.29) is 12.1 Å². The van der Waals surface area contributed by atoms with Crippen molar-refractivity contribution in [2.24, 2.45) is 0 Å². The lowest BCUT2D eigenvalue weighted by Crippen LogP contribution is -2.28. The third kappa shape index (κ3) is 3.69. The van der Waals surface area contributed by atoms with E-state index in [2.05, 4.69) is 23.5 Å². The van der Waals surface area contributed by atoms with Gasteiger partial charge in [-0.3, -0.25) is 0 Å². The molecule has 136 valence electrons. The lowest BCUT2D eigenvalue weighted by Gasteiger charge is -2.20. The molecule has 6 nitrogen and oxygen atoms in total. The first-order valence-corrected chi connectivity index (χ1v) is 8.91. The van der Waals surface area contributed by atoms with E-state index in [1.807, 2.05) is 41.1 Å². The van der Waals surface area contributed by atoms with Gasteiger partial charge in [0.25, 0.3) is 0 Å². The molecule has 1 amide bonds. The fourth-order valence-corrected chi connectivity index (χ4v) is 3.15. The number of hydrogen-bond acceptors (Lipinski definition) is 4. The average molecular weight is 352 g/mol. The number of aromatic nitrogens is 3. The van der Waals surface area contributed by atoms with Crippen LogP contribution in [0.3, 0.4) is 0 Å². The minimum absolute atomic E-state index is 0.196. The lowest BCUT2D eigenvalue weighted by atomic mass is 10.1. The Kier molecular flexibility index (Phi) is 5.84. The Morgan fingerprint density at radius 2 is 2.00 bits per heavy atom. The SMILES string of the molecule is C=CCCCCn1nnc(N2C(=O)OC[C@H]2c2ccccc2)c1CC=C. The zero-order valence-electron chi connectivity index (χ0n) is 14.9. The molecule has 1 atom stereocenters. The first-order chi connectivity index (χ1) is 12.8. The van der Waals surface area contributed by atoms with E-state index in [4.69, 9.17) is 4.74 Å². The zero-order chi connectivity index (χ0) is 18.4. The van der Waals surface area contributed by atoms with Gasteiger partial charge in [0.05, 0.1) is 5.69 Å². The number of nitrogens with zero attached hydrogens (tertiary/aromatic N) is 4. The molecule has 2 heterocycles. The van der Waals surface area contributed by atoms with Crippen LogP contribution in [0.5, 0.6) is 0 Å². The number of ether oxygens (including phenoxy) is 1. The predicted molar refractivity (Wildman–Crippen MR) is 101 cm³/mol. The van der Waals surface area contributed by atoms with E-state index >= 15 is 0 Å². The van der Waals surface area contributed by atoms with Crippen LogP contribution in [-0.4, -0.2) is 27.7 Å². The maximum absolute atomic E-state index is 12.4. The highest BCUT2D eigenvalue weighted by molar-refractivity contribution is 5.90. The Morgan fingerprint density at radius 3 is 2.73 bits per heavy atom. The van der Waals surface area contributed by atoms with Gasteiger partial charge in [-0.2, -0.15) is 0 Å². The first kappa shape index (κ1) is 17.9. The Labute approximate surface area is 153 Å². The number of rotatable bonds is 9. The molecule has 1 saturated heterocycles. The highest BCUT2D eigenvalue weighted by Gasteiger charge is 2.38. The fourth-order valence-electron chi connectivity index (χ4n) is 3.15. The first-order valence-electron chi connectivity index (χ1n) is 8.91. The van der Waals surface area contributed by atoms with Gasteiger partial charge in [-0.1, -0.05) is 47.7 Å². The summed E-state index contributed by atoms with van der Waals surface area (Å²) in [5.41, 5.74) is 1.90. The molecule has 6 heteroatoms. The van der Waals surface area contributed by atoms with Crippen LogP contribution in [0.1, 0.15) is 36.6 Å². The van der Waals surface area contributed by atoms with Crippen molar-refractivity contribution in [1.29, 1.82) is 0 Å². The number of anilines is 1. The summed E-state index contributed by atoms with van der Waals surface area (Å²) < 4.78 is 7.18.